The fourth-order valence-corrected chi connectivity index (χ4v) is 2.75. The van der Waals surface area contributed by atoms with Crippen LogP contribution >= 0.6 is 0 Å². The topological polar surface area (TPSA) is 70.6 Å². The normalized spacial score (nSPS) is 24.8. The van der Waals surface area contributed by atoms with Crippen LogP contribution in [-0.4, -0.2) is 42.5 Å². The molecule has 3 N–H and O–H groups in total. The summed E-state index contributed by atoms with van der Waals surface area (Å²) >= 11 is 0. The molecule has 0 aromatic rings. The van der Waals surface area contributed by atoms with Crippen molar-refractivity contribution in [1.82, 2.24) is 10.6 Å². The Morgan fingerprint density at radius 1 is 1.27 bits per heavy atom. The number of aliphatic hydroxyl groups is 1. The molecular formula is C17H34N2O3. The first-order valence-electron chi connectivity index (χ1n) is 8.50. The molecule has 1 rings (SSSR count). The number of carbonyl (C=O) groups is 1. The van der Waals surface area contributed by atoms with Crippen LogP contribution in [0.25, 0.3) is 0 Å². The highest BCUT2D eigenvalue weighted by atomic mass is 16.6. The molecule has 1 fully saturated rings. The molecule has 5 heteroatoms. The van der Waals surface area contributed by atoms with Gasteiger partial charge in [0.05, 0.1) is 0 Å². The number of ether oxygens (including phenoxy) is 1. The monoisotopic (exact) mass is 314 g/mol. The summed E-state index contributed by atoms with van der Waals surface area (Å²) in [5.41, 5.74) is -0.521. The van der Waals surface area contributed by atoms with E-state index in [0.29, 0.717) is 18.5 Å². The molecule has 1 aliphatic rings. The van der Waals surface area contributed by atoms with E-state index in [1.165, 1.54) is 6.42 Å². The maximum atomic E-state index is 11.7. The van der Waals surface area contributed by atoms with Crippen molar-refractivity contribution in [3.63, 3.8) is 0 Å². The lowest BCUT2D eigenvalue weighted by Gasteiger charge is -2.30. The van der Waals surface area contributed by atoms with Gasteiger partial charge in [-0.15, -0.1) is 0 Å². The molecule has 0 heterocycles. The van der Waals surface area contributed by atoms with Crippen LogP contribution in [0.5, 0.6) is 0 Å². The van der Waals surface area contributed by atoms with Crippen LogP contribution in [0.3, 0.4) is 0 Å². The Balaban J connectivity index is 2.39. The lowest BCUT2D eigenvalue weighted by molar-refractivity contribution is 0.0516. The number of amides is 1. The van der Waals surface area contributed by atoms with Gasteiger partial charge in [-0.25, -0.2) is 4.79 Å². The number of aliphatic hydroxyl groups excluding tert-OH is 1. The Morgan fingerprint density at radius 3 is 2.50 bits per heavy atom. The largest absolute Gasteiger partial charge is 0.444 e. The average Bonchev–Trinajstić information content (AvgIpc) is 2.88. The highest BCUT2D eigenvalue weighted by Crippen LogP contribution is 2.27. The van der Waals surface area contributed by atoms with E-state index >= 15 is 0 Å². The van der Waals surface area contributed by atoms with Gasteiger partial charge in [0, 0.05) is 31.2 Å². The Morgan fingerprint density at radius 2 is 1.95 bits per heavy atom. The minimum Gasteiger partial charge on any atom is -0.444 e. The first-order valence-corrected chi connectivity index (χ1v) is 8.50. The first-order chi connectivity index (χ1) is 10.2. The smallest absolute Gasteiger partial charge is 0.407 e. The van der Waals surface area contributed by atoms with Crippen molar-refractivity contribution in [3.05, 3.63) is 0 Å². The lowest BCUT2D eigenvalue weighted by atomic mass is 9.88. The molecule has 1 saturated carbocycles. The van der Waals surface area contributed by atoms with Crippen molar-refractivity contribution < 1.29 is 14.6 Å². The zero-order valence-electron chi connectivity index (χ0n) is 14.9. The van der Waals surface area contributed by atoms with Gasteiger partial charge in [0.15, 0.2) is 0 Å². The van der Waals surface area contributed by atoms with Gasteiger partial charge in [-0.2, -0.15) is 0 Å². The fourth-order valence-electron chi connectivity index (χ4n) is 2.75. The van der Waals surface area contributed by atoms with E-state index in [9.17, 15) is 9.90 Å². The molecule has 5 nitrogen and oxygen atoms in total. The van der Waals surface area contributed by atoms with E-state index in [1.807, 2.05) is 20.8 Å². The van der Waals surface area contributed by atoms with Gasteiger partial charge in [-0.1, -0.05) is 20.3 Å². The second kappa shape index (κ2) is 8.16. The van der Waals surface area contributed by atoms with Crippen LogP contribution in [-0.2, 0) is 4.74 Å². The molecule has 1 amide bonds. The summed E-state index contributed by atoms with van der Waals surface area (Å²) in [6.07, 6.45) is 4.04. The van der Waals surface area contributed by atoms with Gasteiger partial charge in [0.2, 0.25) is 0 Å². The molecule has 3 atom stereocenters. The van der Waals surface area contributed by atoms with E-state index in [2.05, 4.69) is 24.5 Å². The molecule has 22 heavy (non-hydrogen) atoms. The van der Waals surface area contributed by atoms with Gasteiger partial charge >= 0.3 is 6.09 Å². The summed E-state index contributed by atoms with van der Waals surface area (Å²) in [7, 11) is 0. The summed E-state index contributed by atoms with van der Waals surface area (Å²) < 4.78 is 5.28. The molecule has 1 aliphatic carbocycles. The summed E-state index contributed by atoms with van der Waals surface area (Å²) in [4.78, 5) is 11.7. The minimum absolute atomic E-state index is 0.0638. The third-order valence-electron chi connectivity index (χ3n) is 4.59. The molecule has 0 aliphatic heterocycles. The molecule has 130 valence electrons. The van der Waals surface area contributed by atoms with Gasteiger partial charge in [-0.05, 0) is 46.0 Å². The number of nitrogens with one attached hydrogen (secondary N) is 2. The Labute approximate surface area is 135 Å². The van der Waals surface area contributed by atoms with Crippen LogP contribution in [0.4, 0.5) is 4.79 Å². The quantitative estimate of drug-likeness (QED) is 0.676. The third kappa shape index (κ3) is 6.53. The number of hydrogen-bond donors (Lipinski definition) is 3. The summed E-state index contributed by atoms with van der Waals surface area (Å²) in [6.45, 7) is 11.5. The number of rotatable bonds is 7. The third-order valence-corrected chi connectivity index (χ3v) is 4.59. The van der Waals surface area contributed by atoms with Crippen LogP contribution in [0.1, 0.15) is 60.3 Å². The molecule has 0 radical (unpaired) electrons. The van der Waals surface area contributed by atoms with E-state index in [-0.39, 0.29) is 18.1 Å². The standard InChI is InChI=1S/C17H34N2O3/c1-6-17(5,12-20)11-19-14-9-7-8-13(14)10-18-15(21)22-16(2,3)4/h13-14,19-20H,6-12H2,1-5H3,(H,18,21). The van der Waals surface area contributed by atoms with Crippen molar-refractivity contribution in [2.45, 2.75) is 71.9 Å². The van der Waals surface area contributed by atoms with Crippen molar-refractivity contribution in [1.29, 1.82) is 0 Å². The van der Waals surface area contributed by atoms with E-state index in [0.717, 1.165) is 25.8 Å². The SMILES string of the molecule is CCC(C)(CO)CNC1CCCC1CNC(=O)OC(C)(C)C. The van der Waals surface area contributed by atoms with Crippen LogP contribution in [0.15, 0.2) is 0 Å². The zero-order valence-corrected chi connectivity index (χ0v) is 14.9. The Bertz CT molecular complexity index is 348. The molecule has 0 aromatic carbocycles. The van der Waals surface area contributed by atoms with Crippen LogP contribution < -0.4 is 10.6 Å². The maximum absolute atomic E-state index is 11.7. The summed E-state index contributed by atoms with van der Waals surface area (Å²) in [6, 6.07) is 0.410. The second-order valence-corrected chi connectivity index (χ2v) is 7.88. The van der Waals surface area contributed by atoms with Crippen molar-refractivity contribution >= 4 is 6.09 Å². The Hall–Kier alpha value is -0.810. The van der Waals surface area contributed by atoms with Gasteiger partial charge < -0.3 is 20.5 Å². The van der Waals surface area contributed by atoms with Gasteiger partial charge in [-0.3, -0.25) is 0 Å². The summed E-state index contributed by atoms with van der Waals surface area (Å²) in [5.74, 6) is 0.437. The number of alkyl carbamates (subject to hydrolysis) is 1. The molecular weight excluding hydrogens is 280 g/mol. The highest BCUT2D eigenvalue weighted by molar-refractivity contribution is 5.67. The predicted octanol–water partition coefficient (Wildman–Crippen LogP) is 2.68. The maximum Gasteiger partial charge on any atom is 0.407 e. The highest BCUT2D eigenvalue weighted by Gasteiger charge is 2.30. The Kier molecular flexibility index (Phi) is 7.13. The average molecular weight is 314 g/mol. The van der Waals surface area contributed by atoms with Crippen LogP contribution in [0, 0.1) is 11.3 Å². The number of carbonyl (C=O) groups excluding carboxylic acids is 1. The van der Waals surface area contributed by atoms with E-state index < -0.39 is 5.60 Å². The predicted molar refractivity (Wildman–Crippen MR) is 88.9 cm³/mol. The van der Waals surface area contributed by atoms with Gasteiger partial charge in [0.1, 0.15) is 5.60 Å². The zero-order chi connectivity index (χ0) is 16.8. The first kappa shape index (κ1) is 19.2. The van der Waals surface area contributed by atoms with E-state index in [4.69, 9.17) is 4.74 Å². The van der Waals surface area contributed by atoms with Crippen molar-refractivity contribution in [3.8, 4) is 0 Å². The van der Waals surface area contributed by atoms with Gasteiger partial charge in [0.25, 0.3) is 0 Å². The minimum atomic E-state index is -0.457. The molecule has 3 unspecified atom stereocenters. The second-order valence-electron chi connectivity index (χ2n) is 7.88. The van der Waals surface area contributed by atoms with E-state index in [1.54, 1.807) is 0 Å². The van der Waals surface area contributed by atoms with Crippen molar-refractivity contribution in [2.24, 2.45) is 11.3 Å². The molecule has 0 aromatic heterocycles. The summed E-state index contributed by atoms with van der Waals surface area (Å²) in [5, 5.41) is 16.0. The molecule has 0 bridgehead atoms. The lowest BCUT2D eigenvalue weighted by Crippen LogP contribution is -2.44. The number of hydrogen-bond acceptors (Lipinski definition) is 4. The van der Waals surface area contributed by atoms with Crippen molar-refractivity contribution in [2.75, 3.05) is 19.7 Å². The molecule has 0 spiro atoms. The van der Waals surface area contributed by atoms with Crippen LogP contribution in [0.2, 0.25) is 0 Å². The fraction of sp³-hybridized carbons (Fsp3) is 0.941. The molecule has 0 saturated heterocycles.